The van der Waals surface area contributed by atoms with E-state index in [9.17, 15) is 4.79 Å². The van der Waals surface area contributed by atoms with Crippen LogP contribution in [0.4, 0.5) is 5.13 Å². The number of thiazole rings is 1. The Morgan fingerprint density at radius 1 is 1.17 bits per heavy atom. The van der Waals surface area contributed by atoms with Gasteiger partial charge < -0.3 is 4.74 Å². The van der Waals surface area contributed by atoms with E-state index < -0.39 is 0 Å². The third kappa shape index (κ3) is 4.61. The Labute approximate surface area is 190 Å². The van der Waals surface area contributed by atoms with Crippen LogP contribution in [0.3, 0.4) is 0 Å². The van der Waals surface area contributed by atoms with E-state index in [4.69, 9.17) is 4.74 Å². The maximum Gasteiger partial charge on any atom is 0.290 e. The second-order valence-electron chi connectivity index (χ2n) is 6.43. The van der Waals surface area contributed by atoms with E-state index in [-0.39, 0.29) is 5.91 Å². The van der Waals surface area contributed by atoms with Gasteiger partial charge in [0.05, 0.1) is 31.7 Å². The number of hydrazone groups is 1. The van der Waals surface area contributed by atoms with E-state index in [1.54, 1.807) is 12.3 Å². The molecule has 0 saturated heterocycles. The van der Waals surface area contributed by atoms with E-state index in [0.717, 1.165) is 30.9 Å². The number of ether oxygens (including phenoxy) is 1. The zero-order valence-electron chi connectivity index (χ0n) is 16.3. The van der Waals surface area contributed by atoms with Crippen molar-refractivity contribution in [2.24, 2.45) is 5.10 Å². The van der Waals surface area contributed by atoms with Crippen LogP contribution in [0.1, 0.15) is 27.7 Å². The second-order valence-corrected chi connectivity index (χ2v) is 9.91. The molecule has 0 bridgehead atoms. The molecule has 0 saturated carbocycles. The summed E-state index contributed by atoms with van der Waals surface area (Å²) >= 11 is 6.24. The molecule has 2 aromatic carbocycles. The maximum absolute atomic E-state index is 13.2. The van der Waals surface area contributed by atoms with E-state index in [1.807, 2.05) is 56.3 Å². The minimum absolute atomic E-state index is 0.219. The van der Waals surface area contributed by atoms with Gasteiger partial charge in [-0.2, -0.15) is 10.1 Å². The number of anilines is 1. The van der Waals surface area contributed by atoms with E-state index in [2.05, 4.69) is 32.1 Å². The predicted octanol–water partition coefficient (Wildman–Crippen LogP) is 6.51. The molecular formula is C22H18BrN3O2S2. The SMILES string of the molecule is CCOc1ccc(/C=N/N(C(=O)c2ccc(Br)s2)c2nc3ccc(C)cc3s2)cc1. The van der Waals surface area contributed by atoms with Gasteiger partial charge in [-0.25, -0.2) is 4.98 Å². The van der Waals surface area contributed by atoms with Crippen molar-refractivity contribution < 1.29 is 9.53 Å². The highest BCUT2D eigenvalue weighted by atomic mass is 79.9. The topological polar surface area (TPSA) is 54.8 Å². The summed E-state index contributed by atoms with van der Waals surface area (Å²) in [6.07, 6.45) is 1.66. The first kappa shape index (κ1) is 20.7. The van der Waals surface area contributed by atoms with Crippen molar-refractivity contribution in [2.75, 3.05) is 11.6 Å². The summed E-state index contributed by atoms with van der Waals surface area (Å²) in [6, 6.07) is 17.3. The van der Waals surface area contributed by atoms with Crippen LogP contribution in [0, 0.1) is 6.92 Å². The van der Waals surface area contributed by atoms with Crippen molar-refractivity contribution >= 4 is 66.1 Å². The molecule has 0 unspecified atom stereocenters. The lowest BCUT2D eigenvalue weighted by Crippen LogP contribution is -2.24. The zero-order chi connectivity index (χ0) is 21.1. The van der Waals surface area contributed by atoms with Crippen LogP contribution in [0.25, 0.3) is 10.2 Å². The fourth-order valence-electron chi connectivity index (χ4n) is 2.77. The standard InChI is InChI=1S/C22H18BrN3O2S2/c1-3-28-16-7-5-15(6-8-16)13-24-26(21(27)18-10-11-20(23)29-18)22-25-17-9-4-14(2)12-19(17)30-22/h4-13H,3H2,1-2H3/b24-13+. The predicted molar refractivity (Wildman–Crippen MR) is 128 cm³/mol. The first-order valence-corrected chi connectivity index (χ1v) is 11.7. The molecule has 0 radical (unpaired) electrons. The minimum atomic E-state index is -0.219. The van der Waals surface area contributed by atoms with Gasteiger partial charge in [0, 0.05) is 0 Å². The van der Waals surface area contributed by atoms with Gasteiger partial charge in [0.25, 0.3) is 5.91 Å². The van der Waals surface area contributed by atoms with Crippen LogP contribution >= 0.6 is 38.6 Å². The third-order valence-electron chi connectivity index (χ3n) is 4.20. The normalized spacial score (nSPS) is 11.3. The summed E-state index contributed by atoms with van der Waals surface area (Å²) in [7, 11) is 0. The fourth-order valence-corrected chi connectivity index (χ4v) is 5.11. The number of fused-ring (bicyclic) bond motifs is 1. The highest BCUT2D eigenvalue weighted by Gasteiger charge is 2.22. The summed E-state index contributed by atoms with van der Waals surface area (Å²) in [4.78, 5) is 18.4. The fraction of sp³-hybridized carbons (Fsp3) is 0.136. The van der Waals surface area contributed by atoms with Crippen molar-refractivity contribution in [3.63, 3.8) is 0 Å². The number of hydrogen-bond donors (Lipinski definition) is 0. The van der Waals surface area contributed by atoms with Gasteiger partial charge in [-0.1, -0.05) is 17.4 Å². The molecule has 4 aromatic rings. The zero-order valence-corrected chi connectivity index (χ0v) is 19.6. The number of halogens is 1. The number of benzene rings is 2. The molecule has 0 fully saturated rings. The minimum Gasteiger partial charge on any atom is -0.494 e. The Kier molecular flexibility index (Phi) is 6.26. The number of nitrogens with zero attached hydrogens (tertiary/aromatic N) is 3. The molecule has 0 aliphatic rings. The van der Waals surface area contributed by atoms with E-state index >= 15 is 0 Å². The number of carbonyl (C=O) groups excluding carboxylic acids is 1. The van der Waals surface area contributed by atoms with Crippen molar-refractivity contribution in [1.82, 2.24) is 4.98 Å². The van der Waals surface area contributed by atoms with E-state index in [1.165, 1.54) is 27.7 Å². The number of aromatic nitrogens is 1. The third-order valence-corrected chi connectivity index (χ3v) is 6.81. The molecule has 0 atom stereocenters. The average Bonchev–Trinajstić information content (AvgIpc) is 3.35. The number of thiophene rings is 1. The molecule has 152 valence electrons. The number of aryl methyl sites for hydroxylation is 1. The summed E-state index contributed by atoms with van der Waals surface area (Å²) in [5.74, 6) is 0.580. The lowest BCUT2D eigenvalue weighted by atomic mass is 10.2. The van der Waals surface area contributed by atoms with Crippen LogP contribution < -0.4 is 9.75 Å². The highest BCUT2D eigenvalue weighted by molar-refractivity contribution is 9.11. The maximum atomic E-state index is 13.2. The van der Waals surface area contributed by atoms with Crippen molar-refractivity contribution in [1.29, 1.82) is 0 Å². The van der Waals surface area contributed by atoms with Gasteiger partial charge in [0.2, 0.25) is 5.13 Å². The Morgan fingerprint density at radius 3 is 2.67 bits per heavy atom. The quantitative estimate of drug-likeness (QED) is 0.224. The van der Waals surface area contributed by atoms with Crippen LogP contribution in [-0.2, 0) is 0 Å². The lowest BCUT2D eigenvalue weighted by molar-refractivity contribution is 0.0991. The lowest BCUT2D eigenvalue weighted by Gasteiger charge is -2.12. The highest BCUT2D eigenvalue weighted by Crippen LogP contribution is 2.32. The smallest absolute Gasteiger partial charge is 0.290 e. The van der Waals surface area contributed by atoms with E-state index in [0.29, 0.717) is 16.6 Å². The number of hydrogen-bond acceptors (Lipinski definition) is 6. The largest absolute Gasteiger partial charge is 0.494 e. The van der Waals surface area contributed by atoms with Gasteiger partial charge in [-0.05, 0) is 89.4 Å². The van der Waals surface area contributed by atoms with Crippen LogP contribution in [0.15, 0.2) is 63.5 Å². The van der Waals surface area contributed by atoms with Gasteiger partial charge in [-0.3, -0.25) is 4.79 Å². The van der Waals surface area contributed by atoms with Crippen LogP contribution in [-0.4, -0.2) is 23.7 Å². The second kappa shape index (κ2) is 9.07. The molecule has 2 heterocycles. The summed E-state index contributed by atoms with van der Waals surface area (Å²) in [5.41, 5.74) is 2.86. The number of rotatable bonds is 6. The molecule has 0 aliphatic carbocycles. The Hall–Kier alpha value is -2.55. The molecule has 4 rings (SSSR count). The van der Waals surface area contributed by atoms with Gasteiger partial charge in [0.15, 0.2) is 0 Å². The molecule has 1 amide bonds. The number of amides is 1. The Balaban J connectivity index is 1.69. The summed E-state index contributed by atoms with van der Waals surface area (Å²) in [6.45, 7) is 4.60. The summed E-state index contributed by atoms with van der Waals surface area (Å²) in [5, 5.41) is 6.40. The molecule has 30 heavy (non-hydrogen) atoms. The Morgan fingerprint density at radius 2 is 1.97 bits per heavy atom. The van der Waals surface area contributed by atoms with Gasteiger partial charge in [-0.15, -0.1) is 11.3 Å². The molecule has 2 aromatic heterocycles. The van der Waals surface area contributed by atoms with Gasteiger partial charge in [0.1, 0.15) is 5.75 Å². The van der Waals surface area contributed by atoms with Crippen molar-refractivity contribution in [3.8, 4) is 5.75 Å². The van der Waals surface area contributed by atoms with Crippen molar-refractivity contribution in [3.05, 3.63) is 74.4 Å². The first-order valence-electron chi connectivity index (χ1n) is 9.27. The molecule has 8 heteroatoms. The first-order chi connectivity index (χ1) is 14.5. The Bertz CT molecular complexity index is 1210. The molecule has 5 nitrogen and oxygen atoms in total. The van der Waals surface area contributed by atoms with Crippen LogP contribution in [0.2, 0.25) is 0 Å². The molecule has 0 aliphatic heterocycles. The monoisotopic (exact) mass is 499 g/mol. The summed E-state index contributed by atoms with van der Waals surface area (Å²) < 4.78 is 7.39. The molecular weight excluding hydrogens is 482 g/mol. The van der Waals surface area contributed by atoms with Gasteiger partial charge >= 0.3 is 0 Å². The molecule has 0 N–H and O–H groups in total. The van der Waals surface area contributed by atoms with Crippen LogP contribution in [0.5, 0.6) is 5.75 Å². The average molecular weight is 500 g/mol. The molecule has 0 spiro atoms. The van der Waals surface area contributed by atoms with Crippen molar-refractivity contribution in [2.45, 2.75) is 13.8 Å². The number of carbonyl (C=O) groups is 1.